The Morgan fingerprint density at radius 3 is 2.93 bits per heavy atom. The lowest BCUT2D eigenvalue weighted by Gasteiger charge is -2.31. The fourth-order valence-corrected chi connectivity index (χ4v) is 1.69. The summed E-state index contributed by atoms with van der Waals surface area (Å²) in [5.41, 5.74) is 1.54. The number of carbonyl (C=O) groups is 1. The molecule has 0 N–H and O–H groups in total. The van der Waals surface area contributed by atoms with Gasteiger partial charge in [-0.05, 0) is 25.2 Å². The third-order valence-corrected chi connectivity index (χ3v) is 3.21. The summed E-state index contributed by atoms with van der Waals surface area (Å²) < 4.78 is 5.12. The van der Waals surface area contributed by atoms with Gasteiger partial charge in [0.15, 0.2) is 0 Å². The average molecular weight is 208 g/mol. The van der Waals surface area contributed by atoms with Crippen LogP contribution in [0.25, 0.3) is 0 Å². The lowest BCUT2D eigenvalue weighted by Crippen LogP contribution is -2.22. The molecular formula is C13H20O2. The van der Waals surface area contributed by atoms with E-state index in [1.165, 1.54) is 5.57 Å². The Bertz CT molecular complexity index is 289. The highest BCUT2D eigenvalue weighted by Crippen LogP contribution is 2.37. The molecule has 0 amide bonds. The first-order valence-corrected chi connectivity index (χ1v) is 5.58. The summed E-state index contributed by atoms with van der Waals surface area (Å²) in [6.07, 6.45) is 8.82. The van der Waals surface area contributed by atoms with Crippen molar-refractivity contribution >= 4 is 5.97 Å². The zero-order chi connectivity index (χ0) is 11.3. The lowest BCUT2D eigenvalue weighted by molar-refractivity contribution is -0.143. The zero-order valence-corrected chi connectivity index (χ0v) is 9.88. The molecule has 0 fully saturated rings. The van der Waals surface area contributed by atoms with Crippen LogP contribution in [0.5, 0.6) is 0 Å². The van der Waals surface area contributed by atoms with Gasteiger partial charge in [-0.3, -0.25) is 4.79 Å². The van der Waals surface area contributed by atoms with Crippen LogP contribution in [-0.4, -0.2) is 12.6 Å². The van der Waals surface area contributed by atoms with Crippen molar-refractivity contribution in [2.75, 3.05) is 6.61 Å². The first-order chi connectivity index (χ1) is 7.08. The average Bonchev–Trinajstić information content (AvgIpc) is 2.22. The third-order valence-electron chi connectivity index (χ3n) is 3.21. The highest BCUT2D eigenvalue weighted by Gasteiger charge is 2.26. The first kappa shape index (κ1) is 12.0. The van der Waals surface area contributed by atoms with Crippen molar-refractivity contribution in [2.45, 2.75) is 40.0 Å². The van der Waals surface area contributed by atoms with Crippen LogP contribution in [0.3, 0.4) is 0 Å². The number of carbonyl (C=O) groups excluding carboxylic acids is 1. The molecule has 0 bridgehead atoms. The van der Waals surface area contributed by atoms with Crippen molar-refractivity contribution in [3.05, 3.63) is 23.8 Å². The lowest BCUT2D eigenvalue weighted by atomic mass is 9.75. The zero-order valence-electron chi connectivity index (χ0n) is 9.88. The van der Waals surface area contributed by atoms with Gasteiger partial charge in [-0.2, -0.15) is 0 Å². The van der Waals surface area contributed by atoms with Gasteiger partial charge in [0.1, 0.15) is 0 Å². The highest BCUT2D eigenvalue weighted by atomic mass is 16.5. The minimum absolute atomic E-state index is 0.105. The Labute approximate surface area is 92.0 Å². The van der Waals surface area contributed by atoms with Gasteiger partial charge in [0.2, 0.25) is 0 Å². The second-order valence-corrected chi connectivity index (χ2v) is 4.37. The maximum absolute atomic E-state index is 11.0. The van der Waals surface area contributed by atoms with E-state index in [9.17, 15) is 4.79 Å². The van der Waals surface area contributed by atoms with Crippen LogP contribution in [0.15, 0.2) is 23.8 Å². The van der Waals surface area contributed by atoms with Crippen molar-refractivity contribution in [1.29, 1.82) is 0 Å². The maximum atomic E-state index is 11.0. The van der Waals surface area contributed by atoms with E-state index in [2.05, 4.69) is 32.1 Å². The molecule has 0 saturated carbocycles. The molecule has 0 radical (unpaired) electrons. The predicted molar refractivity (Wildman–Crippen MR) is 61.5 cm³/mol. The molecular weight excluding hydrogens is 188 g/mol. The fourth-order valence-electron chi connectivity index (χ4n) is 1.69. The molecule has 0 spiro atoms. The Hall–Kier alpha value is -1.05. The van der Waals surface area contributed by atoms with Gasteiger partial charge in [0, 0.05) is 6.42 Å². The second kappa shape index (κ2) is 5.15. The molecule has 0 aromatic rings. The Morgan fingerprint density at radius 2 is 2.33 bits per heavy atom. The molecule has 2 nitrogen and oxygen atoms in total. The van der Waals surface area contributed by atoms with Crippen molar-refractivity contribution in [3.63, 3.8) is 0 Å². The highest BCUT2D eigenvalue weighted by molar-refractivity contribution is 5.68. The topological polar surface area (TPSA) is 26.3 Å². The summed E-state index contributed by atoms with van der Waals surface area (Å²) in [5, 5.41) is 0. The molecule has 1 aliphatic carbocycles. The molecule has 0 aromatic carbocycles. The van der Waals surface area contributed by atoms with E-state index in [1.54, 1.807) is 0 Å². The Balaban J connectivity index is 2.41. The number of rotatable bonds is 4. The van der Waals surface area contributed by atoms with E-state index in [1.807, 2.05) is 6.92 Å². The molecule has 1 aliphatic rings. The predicted octanol–water partition coefficient (Wildman–Crippen LogP) is 3.24. The van der Waals surface area contributed by atoms with Gasteiger partial charge >= 0.3 is 5.97 Å². The first-order valence-electron chi connectivity index (χ1n) is 5.58. The smallest absolute Gasteiger partial charge is 0.305 e. The van der Waals surface area contributed by atoms with E-state index in [0.717, 1.165) is 12.8 Å². The molecule has 0 aromatic heterocycles. The molecule has 1 rings (SSSR count). The van der Waals surface area contributed by atoms with Gasteiger partial charge in [0.05, 0.1) is 6.61 Å². The standard InChI is InChI=1S/C13H20O2/c1-4-12(14)15-10-9-13(3)8-6-5-7-11(13)2/h5-7H,4,8-10H2,1-3H3. The summed E-state index contributed by atoms with van der Waals surface area (Å²) >= 11 is 0. The molecule has 0 heterocycles. The molecule has 84 valence electrons. The minimum Gasteiger partial charge on any atom is -0.466 e. The van der Waals surface area contributed by atoms with Crippen LogP contribution in [0.2, 0.25) is 0 Å². The summed E-state index contributed by atoms with van der Waals surface area (Å²) in [7, 11) is 0. The number of hydrogen-bond acceptors (Lipinski definition) is 2. The van der Waals surface area contributed by atoms with Crippen LogP contribution >= 0.6 is 0 Å². The van der Waals surface area contributed by atoms with Crippen molar-refractivity contribution in [3.8, 4) is 0 Å². The number of ether oxygens (including phenoxy) is 1. The summed E-state index contributed by atoms with van der Waals surface area (Å²) in [6, 6.07) is 0. The van der Waals surface area contributed by atoms with Gasteiger partial charge in [0.25, 0.3) is 0 Å². The minimum atomic E-state index is -0.105. The number of esters is 1. The molecule has 15 heavy (non-hydrogen) atoms. The normalized spacial score (nSPS) is 24.9. The fraction of sp³-hybridized carbons (Fsp3) is 0.615. The van der Waals surface area contributed by atoms with Crippen LogP contribution in [-0.2, 0) is 9.53 Å². The van der Waals surface area contributed by atoms with Crippen LogP contribution in [0.1, 0.15) is 40.0 Å². The summed E-state index contributed by atoms with van der Waals surface area (Å²) in [4.78, 5) is 11.0. The quantitative estimate of drug-likeness (QED) is 0.663. The van der Waals surface area contributed by atoms with Crippen LogP contribution in [0.4, 0.5) is 0 Å². The van der Waals surface area contributed by atoms with E-state index in [-0.39, 0.29) is 11.4 Å². The van der Waals surface area contributed by atoms with Crippen molar-refractivity contribution < 1.29 is 9.53 Å². The Kier molecular flexibility index (Phi) is 4.13. The van der Waals surface area contributed by atoms with E-state index < -0.39 is 0 Å². The van der Waals surface area contributed by atoms with Gasteiger partial charge in [-0.15, -0.1) is 0 Å². The summed E-state index contributed by atoms with van der Waals surface area (Å²) in [5.74, 6) is -0.105. The summed E-state index contributed by atoms with van der Waals surface area (Å²) in [6.45, 7) is 6.72. The van der Waals surface area contributed by atoms with Gasteiger partial charge in [-0.25, -0.2) is 0 Å². The molecule has 1 atom stereocenters. The molecule has 2 heteroatoms. The third kappa shape index (κ3) is 3.22. The monoisotopic (exact) mass is 208 g/mol. The van der Waals surface area contributed by atoms with E-state index in [4.69, 9.17) is 4.74 Å². The van der Waals surface area contributed by atoms with Crippen LogP contribution < -0.4 is 0 Å². The maximum Gasteiger partial charge on any atom is 0.305 e. The molecule has 1 unspecified atom stereocenters. The van der Waals surface area contributed by atoms with E-state index in [0.29, 0.717) is 13.0 Å². The van der Waals surface area contributed by atoms with E-state index >= 15 is 0 Å². The SMILES string of the molecule is CCC(=O)OCCC1(C)CC=CC=C1C. The largest absolute Gasteiger partial charge is 0.466 e. The molecule has 0 saturated heterocycles. The number of hydrogen-bond donors (Lipinski definition) is 0. The second-order valence-electron chi connectivity index (χ2n) is 4.37. The van der Waals surface area contributed by atoms with Crippen LogP contribution in [0, 0.1) is 5.41 Å². The van der Waals surface area contributed by atoms with Crippen molar-refractivity contribution in [2.24, 2.45) is 5.41 Å². The van der Waals surface area contributed by atoms with Gasteiger partial charge < -0.3 is 4.74 Å². The Morgan fingerprint density at radius 1 is 1.60 bits per heavy atom. The van der Waals surface area contributed by atoms with Crippen molar-refractivity contribution in [1.82, 2.24) is 0 Å². The number of allylic oxidation sites excluding steroid dienone is 4. The molecule has 0 aliphatic heterocycles. The van der Waals surface area contributed by atoms with Gasteiger partial charge in [-0.1, -0.05) is 37.6 Å².